The summed E-state index contributed by atoms with van der Waals surface area (Å²) in [5.41, 5.74) is 0. The first-order chi connectivity index (χ1) is 5.83. The predicted molar refractivity (Wildman–Crippen MR) is 46.3 cm³/mol. The number of rotatable bonds is 5. The highest BCUT2D eigenvalue weighted by atomic mass is 16.5. The van der Waals surface area contributed by atoms with Crippen LogP contribution in [0.2, 0.25) is 0 Å². The molecule has 0 saturated heterocycles. The lowest BCUT2D eigenvalue weighted by molar-refractivity contribution is 0.0170. The van der Waals surface area contributed by atoms with Crippen molar-refractivity contribution in [3.05, 3.63) is 12.4 Å². The van der Waals surface area contributed by atoms with Gasteiger partial charge in [0, 0.05) is 26.6 Å². The van der Waals surface area contributed by atoms with Gasteiger partial charge < -0.3 is 19.3 Å². The highest BCUT2D eigenvalue weighted by Gasteiger charge is 2.06. The SMILES string of the molecule is COCCOCN1C=CN(C)C1. The summed E-state index contributed by atoms with van der Waals surface area (Å²) in [6.45, 7) is 2.87. The fraction of sp³-hybridized carbons (Fsp3) is 0.750. The van der Waals surface area contributed by atoms with Crippen molar-refractivity contribution in [2.45, 2.75) is 0 Å². The van der Waals surface area contributed by atoms with Gasteiger partial charge in [-0.25, -0.2) is 0 Å². The second-order valence-electron chi connectivity index (χ2n) is 2.82. The van der Waals surface area contributed by atoms with Crippen LogP contribution in [-0.2, 0) is 9.47 Å². The Morgan fingerprint density at radius 2 is 2.17 bits per heavy atom. The number of hydrogen-bond donors (Lipinski definition) is 0. The largest absolute Gasteiger partial charge is 0.382 e. The van der Waals surface area contributed by atoms with Gasteiger partial charge in [-0.3, -0.25) is 0 Å². The van der Waals surface area contributed by atoms with Gasteiger partial charge in [0.05, 0.1) is 19.9 Å². The number of ether oxygens (including phenoxy) is 2. The monoisotopic (exact) mass is 172 g/mol. The molecular weight excluding hydrogens is 156 g/mol. The fourth-order valence-electron chi connectivity index (χ4n) is 0.997. The van der Waals surface area contributed by atoms with Crippen LogP contribution in [0.25, 0.3) is 0 Å². The minimum atomic E-state index is 0.643. The van der Waals surface area contributed by atoms with Crippen molar-refractivity contribution in [3.8, 4) is 0 Å². The molecule has 0 aromatic rings. The molecule has 0 fully saturated rings. The van der Waals surface area contributed by atoms with Crippen LogP contribution in [0, 0.1) is 0 Å². The van der Waals surface area contributed by atoms with Gasteiger partial charge in [-0.05, 0) is 0 Å². The molecule has 0 amide bonds. The van der Waals surface area contributed by atoms with Crippen LogP contribution in [0.3, 0.4) is 0 Å². The van der Waals surface area contributed by atoms with Crippen molar-refractivity contribution < 1.29 is 9.47 Å². The first-order valence-corrected chi connectivity index (χ1v) is 4.02. The Morgan fingerprint density at radius 1 is 1.33 bits per heavy atom. The van der Waals surface area contributed by atoms with Gasteiger partial charge in [0.25, 0.3) is 0 Å². The van der Waals surface area contributed by atoms with Crippen LogP contribution in [0.1, 0.15) is 0 Å². The third-order valence-electron chi connectivity index (χ3n) is 1.63. The lowest BCUT2D eigenvalue weighted by Gasteiger charge is -2.17. The summed E-state index contributed by atoms with van der Waals surface area (Å²) >= 11 is 0. The fourth-order valence-corrected chi connectivity index (χ4v) is 0.997. The van der Waals surface area contributed by atoms with Crippen molar-refractivity contribution >= 4 is 0 Å². The molecule has 0 aliphatic carbocycles. The van der Waals surface area contributed by atoms with Crippen molar-refractivity contribution in [1.29, 1.82) is 0 Å². The van der Waals surface area contributed by atoms with Gasteiger partial charge in [-0.2, -0.15) is 0 Å². The van der Waals surface area contributed by atoms with E-state index in [2.05, 4.69) is 9.80 Å². The summed E-state index contributed by atoms with van der Waals surface area (Å²) in [6, 6.07) is 0. The summed E-state index contributed by atoms with van der Waals surface area (Å²) in [5.74, 6) is 0. The summed E-state index contributed by atoms with van der Waals surface area (Å²) in [6.07, 6.45) is 4.05. The minimum Gasteiger partial charge on any atom is -0.382 e. The average molecular weight is 172 g/mol. The maximum atomic E-state index is 5.33. The Kier molecular flexibility index (Phi) is 3.90. The third-order valence-corrected chi connectivity index (χ3v) is 1.63. The first-order valence-electron chi connectivity index (χ1n) is 4.02. The summed E-state index contributed by atoms with van der Waals surface area (Å²) < 4.78 is 10.2. The summed E-state index contributed by atoms with van der Waals surface area (Å²) in [5, 5.41) is 0. The standard InChI is InChI=1S/C8H16N2O2/c1-9-3-4-10(7-9)8-12-6-5-11-2/h3-4H,5-8H2,1-2H3. The van der Waals surface area contributed by atoms with E-state index in [0.717, 1.165) is 6.67 Å². The number of hydrogen-bond acceptors (Lipinski definition) is 4. The van der Waals surface area contributed by atoms with Crippen LogP contribution in [0.5, 0.6) is 0 Å². The van der Waals surface area contributed by atoms with Gasteiger partial charge in [0.2, 0.25) is 0 Å². The van der Waals surface area contributed by atoms with E-state index in [4.69, 9.17) is 9.47 Å². The molecule has 4 nitrogen and oxygen atoms in total. The zero-order valence-corrected chi connectivity index (χ0v) is 7.69. The first kappa shape index (κ1) is 9.35. The van der Waals surface area contributed by atoms with Crippen molar-refractivity contribution in [1.82, 2.24) is 9.80 Å². The van der Waals surface area contributed by atoms with E-state index in [1.54, 1.807) is 7.11 Å². The van der Waals surface area contributed by atoms with E-state index in [9.17, 15) is 0 Å². The minimum absolute atomic E-state index is 0.643. The Labute approximate surface area is 73.3 Å². The van der Waals surface area contributed by atoms with Crippen molar-refractivity contribution in [2.75, 3.05) is 40.8 Å². The van der Waals surface area contributed by atoms with E-state index in [-0.39, 0.29) is 0 Å². The smallest absolute Gasteiger partial charge is 0.120 e. The molecule has 1 rings (SSSR count). The van der Waals surface area contributed by atoms with Crippen LogP contribution in [-0.4, -0.2) is 50.6 Å². The Bertz CT molecular complexity index is 150. The Hall–Kier alpha value is -0.740. The molecule has 0 aromatic carbocycles. The molecule has 1 heterocycles. The number of nitrogens with zero attached hydrogens (tertiary/aromatic N) is 2. The zero-order valence-electron chi connectivity index (χ0n) is 7.69. The Morgan fingerprint density at radius 3 is 2.75 bits per heavy atom. The highest BCUT2D eigenvalue weighted by Crippen LogP contribution is 2.02. The topological polar surface area (TPSA) is 24.9 Å². The second-order valence-corrected chi connectivity index (χ2v) is 2.82. The molecule has 4 heteroatoms. The third kappa shape index (κ3) is 3.11. The van der Waals surface area contributed by atoms with Crippen LogP contribution in [0.15, 0.2) is 12.4 Å². The number of methoxy groups -OCH3 is 1. The maximum Gasteiger partial charge on any atom is 0.120 e. The quantitative estimate of drug-likeness (QED) is 0.556. The van der Waals surface area contributed by atoms with E-state index in [1.807, 2.05) is 19.4 Å². The Balaban J connectivity index is 1.98. The van der Waals surface area contributed by atoms with Crippen LogP contribution >= 0.6 is 0 Å². The molecule has 0 unspecified atom stereocenters. The van der Waals surface area contributed by atoms with E-state index in [1.165, 1.54) is 0 Å². The summed E-state index contributed by atoms with van der Waals surface area (Å²) in [4.78, 5) is 4.19. The molecule has 0 aromatic heterocycles. The molecule has 1 aliphatic rings. The van der Waals surface area contributed by atoms with E-state index < -0.39 is 0 Å². The van der Waals surface area contributed by atoms with E-state index >= 15 is 0 Å². The second kappa shape index (κ2) is 5.00. The molecule has 0 atom stereocenters. The molecule has 0 spiro atoms. The van der Waals surface area contributed by atoms with Crippen LogP contribution in [0.4, 0.5) is 0 Å². The highest BCUT2D eigenvalue weighted by molar-refractivity contribution is 4.87. The molecular formula is C8H16N2O2. The van der Waals surface area contributed by atoms with Gasteiger partial charge in [0.1, 0.15) is 6.73 Å². The zero-order chi connectivity index (χ0) is 8.81. The van der Waals surface area contributed by atoms with Gasteiger partial charge in [0.15, 0.2) is 0 Å². The van der Waals surface area contributed by atoms with Gasteiger partial charge in [-0.15, -0.1) is 0 Å². The molecule has 0 saturated carbocycles. The lowest BCUT2D eigenvalue weighted by atomic mass is 10.7. The maximum absolute atomic E-state index is 5.33. The lowest BCUT2D eigenvalue weighted by Crippen LogP contribution is -2.25. The molecule has 0 bridgehead atoms. The summed E-state index contributed by atoms with van der Waals surface area (Å²) in [7, 11) is 3.71. The van der Waals surface area contributed by atoms with Crippen LogP contribution < -0.4 is 0 Å². The van der Waals surface area contributed by atoms with Crippen molar-refractivity contribution in [2.24, 2.45) is 0 Å². The normalized spacial score (nSPS) is 16.2. The van der Waals surface area contributed by atoms with Gasteiger partial charge >= 0.3 is 0 Å². The predicted octanol–water partition coefficient (Wildman–Crippen LogP) is 0.283. The molecule has 0 N–H and O–H groups in total. The van der Waals surface area contributed by atoms with Crippen molar-refractivity contribution in [3.63, 3.8) is 0 Å². The molecule has 0 radical (unpaired) electrons. The molecule has 1 aliphatic heterocycles. The molecule has 12 heavy (non-hydrogen) atoms. The van der Waals surface area contributed by atoms with E-state index in [0.29, 0.717) is 19.9 Å². The molecule has 70 valence electrons. The van der Waals surface area contributed by atoms with Gasteiger partial charge in [-0.1, -0.05) is 0 Å². The average Bonchev–Trinajstić information content (AvgIpc) is 2.45.